The molecule has 2 N–H and O–H groups in total. The molecule has 2 saturated heterocycles. The first-order valence-corrected chi connectivity index (χ1v) is 13.1. The second-order valence-corrected chi connectivity index (χ2v) is 11.1. The first-order chi connectivity index (χ1) is 17.7. The summed E-state index contributed by atoms with van der Waals surface area (Å²) in [5, 5.41) is 3.29. The molecular weight excluding hydrogens is 472 g/mol. The fourth-order valence-corrected chi connectivity index (χ4v) is 5.01. The lowest BCUT2D eigenvalue weighted by atomic mass is 10.0. The van der Waals surface area contributed by atoms with Gasteiger partial charge >= 0.3 is 11.8 Å². The topological polar surface area (TPSA) is 114 Å². The third kappa shape index (κ3) is 6.30. The zero-order valence-corrected chi connectivity index (χ0v) is 21.8. The van der Waals surface area contributed by atoms with E-state index in [1.165, 1.54) is 5.56 Å². The van der Waals surface area contributed by atoms with E-state index in [-0.39, 0.29) is 23.8 Å². The number of imidazole rings is 1. The molecule has 2 fully saturated rings. The Morgan fingerprint density at radius 3 is 2.89 bits per heavy atom. The Morgan fingerprint density at radius 2 is 2.11 bits per heavy atom. The number of ether oxygens (including phenoxy) is 2. The number of likely N-dealkylation sites (tertiary alicyclic amines) is 1. The van der Waals surface area contributed by atoms with Crippen LogP contribution in [-0.2, 0) is 22.4 Å². The Hall–Kier alpha value is -3.40. The standard InChI is InChI=1S/C27H36N6O4/c1-27(2,3)37-26(35)32-10-9-20(16-32)14-28-24-29-15-22-23(31-24)33(25(34)30-22)17-19-7-4-6-18(12-19)13-21-8-5-11-36-21/h4,6-7,12,15,20-21H,5,8-11,13-14,16-17H2,1-3H3,(H,30,34)(H,28,29,31)/t20-,21?/m0/s1. The number of nitrogens with zero attached hydrogens (tertiary/aromatic N) is 4. The summed E-state index contributed by atoms with van der Waals surface area (Å²) in [5.41, 5.74) is 2.70. The molecule has 0 spiro atoms. The minimum atomic E-state index is -0.505. The van der Waals surface area contributed by atoms with Crippen molar-refractivity contribution < 1.29 is 14.3 Å². The molecule has 10 nitrogen and oxygen atoms in total. The largest absolute Gasteiger partial charge is 0.444 e. The van der Waals surface area contributed by atoms with E-state index in [0.717, 1.165) is 37.9 Å². The zero-order chi connectivity index (χ0) is 26.0. The van der Waals surface area contributed by atoms with Crippen LogP contribution in [0.2, 0.25) is 0 Å². The predicted octanol–water partition coefficient (Wildman–Crippen LogP) is 3.56. The van der Waals surface area contributed by atoms with E-state index in [2.05, 4.69) is 32.4 Å². The fourth-order valence-electron chi connectivity index (χ4n) is 5.01. The number of benzene rings is 1. The van der Waals surface area contributed by atoms with Crippen LogP contribution in [0, 0.1) is 5.92 Å². The van der Waals surface area contributed by atoms with Crippen molar-refractivity contribution in [1.82, 2.24) is 24.4 Å². The van der Waals surface area contributed by atoms with E-state index in [1.54, 1.807) is 15.7 Å². The van der Waals surface area contributed by atoms with Crippen LogP contribution in [0.1, 0.15) is 51.2 Å². The van der Waals surface area contributed by atoms with Crippen molar-refractivity contribution in [1.29, 1.82) is 0 Å². The molecule has 4 heterocycles. The van der Waals surface area contributed by atoms with Gasteiger partial charge in [-0.2, -0.15) is 4.98 Å². The number of rotatable bonds is 7. The van der Waals surface area contributed by atoms with Gasteiger partial charge in [0.25, 0.3) is 0 Å². The molecule has 0 bridgehead atoms. The van der Waals surface area contributed by atoms with Gasteiger partial charge in [-0.05, 0) is 63.5 Å². The second kappa shape index (κ2) is 10.5. The molecule has 0 saturated carbocycles. The number of H-pyrrole nitrogens is 1. The highest BCUT2D eigenvalue weighted by atomic mass is 16.6. The van der Waals surface area contributed by atoms with Crippen LogP contribution >= 0.6 is 0 Å². The van der Waals surface area contributed by atoms with Gasteiger partial charge in [-0.3, -0.25) is 4.57 Å². The van der Waals surface area contributed by atoms with E-state index in [1.807, 2.05) is 32.9 Å². The minimum Gasteiger partial charge on any atom is -0.444 e. The van der Waals surface area contributed by atoms with Crippen molar-refractivity contribution in [2.24, 2.45) is 5.92 Å². The van der Waals surface area contributed by atoms with Crippen molar-refractivity contribution in [3.63, 3.8) is 0 Å². The molecule has 1 aromatic carbocycles. The lowest BCUT2D eigenvalue weighted by molar-refractivity contribution is 0.0289. The average molecular weight is 509 g/mol. The van der Waals surface area contributed by atoms with E-state index >= 15 is 0 Å². The molecule has 3 aromatic rings. The molecule has 198 valence electrons. The Balaban J connectivity index is 1.23. The maximum absolute atomic E-state index is 12.7. The molecule has 0 radical (unpaired) electrons. The second-order valence-electron chi connectivity index (χ2n) is 11.1. The molecule has 37 heavy (non-hydrogen) atoms. The number of carbonyl (C=O) groups excluding carboxylic acids is 1. The summed E-state index contributed by atoms with van der Waals surface area (Å²) in [5.74, 6) is 0.731. The molecule has 2 atom stereocenters. The smallest absolute Gasteiger partial charge is 0.410 e. The molecule has 5 rings (SSSR count). The summed E-state index contributed by atoms with van der Waals surface area (Å²) in [4.78, 5) is 38.7. The first-order valence-electron chi connectivity index (χ1n) is 13.1. The third-order valence-electron chi connectivity index (χ3n) is 6.82. The van der Waals surface area contributed by atoms with Crippen molar-refractivity contribution in [2.75, 3.05) is 31.6 Å². The lowest BCUT2D eigenvalue weighted by Gasteiger charge is -2.24. The summed E-state index contributed by atoms with van der Waals surface area (Å²) in [6.07, 6.45) is 5.63. The van der Waals surface area contributed by atoms with Gasteiger partial charge in [-0.25, -0.2) is 14.6 Å². The summed E-state index contributed by atoms with van der Waals surface area (Å²) in [7, 11) is 0. The molecule has 2 aliphatic heterocycles. The zero-order valence-electron chi connectivity index (χ0n) is 21.8. The molecule has 1 amide bonds. The minimum absolute atomic E-state index is 0.213. The summed E-state index contributed by atoms with van der Waals surface area (Å²) >= 11 is 0. The Labute approximate surface area is 216 Å². The first kappa shape index (κ1) is 25.3. The molecule has 10 heteroatoms. The number of aromatic amines is 1. The normalized spacial score (nSPS) is 20.0. The number of aromatic nitrogens is 4. The van der Waals surface area contributed by atoms with E-state index in [9.17, 15) is 9.59 Å². The van der Waals surface area contributed by atoms with Gasteiger partial charge in [0.1, 0.15) is 11.1 Å². The number of hydrogen-bond donors (Lipinski definition) is 2. The Kier molecular flexibility index (Phi) is 7.19. The number of fused-ring (bicyclic) bond motifs is 1. The maximum Gasteiger partial charge on any atom is 0.410 e. The highest BCUT2D eigenvalue weighted by molar-refractivity contribution is 5.71. The van der Waals surface area contributed by atoms with Gasteiger partial charge in [0.2, 0.25) is 5.95 Å². The maximum atomic E-state index is 12.7. The van der Waals surface area contributed by atoms with Crippen molar-refractivity contribution >= 4 is 23.2 Å². The number of hydrogen-bond acceptors (Lipinski definition) is 7. The highest BCUT2D eigenvalue weighted by Crippen LogP contribution is 2.21. The van der Waals surface area contributed by atoms with Crippen LogP contribution in [-0.4, -0.2) is 68.5 Å². The van der Waals surface area contributed by atoms with E-state index < -0.39 is 5.60 Å². The van der Waals surface area contributed by atoms with Crippen LogP contribution in [0.15, 0.2) is 35.3 Å². The van der Waals surface area contributed by atoms with Gasteiger partial charge in [0.15, 0.2) is 5.65 Å². The van der Waals surface area contributed by atoms with Crippen molar-refractivity contribution in [3.8, 4) is 0 Å². The lowest BCUT2D eigenvalue weighted by Crippen LogP contribution is -2.35. The van der Waals surface area contributed by atoms with Crippen LogP contribution < -0.4 is 11.0 Å². The number of amides is 1. The molecular formula is C27H36N6O4. The monoisotopic (exact) mass is 508 g/mol. The number of carbonyl (C=O) groups is 1. The van der Waals surface area contributed by atoms with E-state index in [4.69, 9.17) is 9.47 Å². The van der Waals surface area contributed by atoms with Crippen LogP contribution in [0.5, 0.6) is 0 Å². The van der Waals surface area contributed by atoms with E-state index in [0.29, 0.717) is 43.3 Å². The van der Waals surface area contributed by atoms with Gasteiger partial charge < -0.3 is 24.7 Å². The summed E-state index contributed by atoms with van der Waals surface area (Å²) in [6, 6.07) is 8.31. The summed E-state index contributed by atoms with van der Waals surface area (Å²) in [6.45, 7) is 8.80. The number of nitrogens with one attached hydrogen (secondary N) is 2. The molecule has 2 aliphatic rings. The highest BCUT2D eigenvalue weighted by Gasteiger charge is 2.29. The Morgan fingerprint density at radius 1 is 1.27 bits per heavy atom. The molecule has 2 aromatic heterocycles. The third-order valence-corrected chi connectivity index (χ3v) is 6.82. The van der Waals surface area contributed by atoms with Gasteiger partial charge in [-0.15, -0.1) is 0 Å². The van der Waals surface area contributed by atoms with Crippen molar-refractivity contribution in [2.45, 2.75) is 64.7 Å². The van der Waals surface area contributed by atoms with Crippen LogP contribution in [0.3, 0.4) is 0 Å². The van der Waals surface area contributed by atoms with Gasteiger partial charge in [0.05, 0.1) is 18.8 Å². The molecule has 1 unspecified atom stereocenters. The van der Waals surface area contributed by atoms with Gasteiger partial charge in [0, 0.05) is 26.2 Å². The number of anilines is 1. The van der Waals surface area contributed by atoms with Crippen LogP contribution in [0.4, 0.5) is 10.7 Å². The quantitative estimate of drug-likeness (QED) is 0.502. The van der Waals surface area contributed by atoms with Crippen LogP contribution in [0.25, 0.3) is 11.2 Å². The van der Waals surface area contributed by atoms with Gasteiger partial charge in [-0.1, -0.05) is 24.3 Å². The Bertz CT molecular complexity index is 1300. The SMILES string of the molecule is CC(C)(C)OC(=O)N1CC[C@@H](CNc2ncc3[nH]c(=O)n(Cc4cccc(CC5CCCO5)c4)c3n2)C1. The summed E-state index contributed by atoms with van der Waals surface area (Å²) < 4.78 is 12.9. The fraction of sp³-hybridized carbons (Fsp3) is 0.556. The predicted molar refractivity (Wildman–Crippen MR) is 141 cm³/mol. The van der Waals surface area contributed by atoms with Crippen molar-refractivity contribution in [3.05, 3.63) is 52.1 Å². The average Bonchev–Trinajstić information content (AvgIpc) is 3.59. The molecule has 0 aliphatic carbocycles.